The van der Waals surface area contributed by atoms with Crippen molar-refractivity contribution in [3.63, 3.8) is 0 Å². The van der Waals surface area contributed by atoms with Crippen LogP contribution in [0.4, 0.5) is 18.9 Å². The predicted octanol–water partition coefficient (Wildman–Crippen LogP) is 6.29. The molecule has 8 heteroatoms. The predicted molar refractivity (Wildman–Crippen MR) is 104 cm³/mol. The van der Waals surface area contributed by atoms with Gasteiger partial charge in [0.25, 0.3) is 5.91 Å². The monoisotopic (exact) mass is 418 g/mol. The van der Waals surface area contributed by atoms with Crippen molar-refractivity contribution in [2.75, 3.05) is 5.32 Å². The van der Waals surface area contributed by atoms with Crippen molar-refractivity contribution in [3.05, 3.63) is 81.9 Å². The van der Waals surface area contributed by atoms with E-state index in [1.54, 1.807) is 42.5 Å². The Bertz CT molecular complexity index is 1230. The van der Waals surface area contributed by atoms with Gasteiger partial charge in [0.2, 0.25) is 0 Å². The molecule has 2 heterocycles. The number of pyridine rings is 1. The lowest BCUT2D eigenvalue weighted by molar-refractivity contribution is 0.102. The summed E-state index contributed by atoms with van der Waals surface area (Å²) in [6.45, 7) is 0. The van der Waals surface area contributed by atoms with E-state index < -0.39 is 29.0 Å². The lowest BCUT2D eigenvalue weighted by Gasteiger charge is -2.11. The maximum atomic E-state index is 13.9. The average Bonchev–Trinajstić information content (AvgIpc) is 3.14. The zero-order valence-electron chi connectivity index (χ0n) is 14.0. The standard InChI is InChI=1S/C20H10ClF3N2OS/c21-17-8-7-16(28-17)15-9-11(10-3-1-2-4-13(10)25-15)20(27)26-14-6-5-12(22)18(23)19(14)24/h1-9H,(H,26,27). The quantitative estimate of drug-likeness (QED) is 0.397. The van der Waals surface area contributed by atoms with E-state index in [9.17, 15) is 18.0 Å². The molecule has 0 aliphatic rings. The van der Waals surface area contributed by atoms with Crippen LogP contribution in [0.2, 0.25) is 4.34 Å². The summed E-state index contributed by atoms with van der Waals surface area (Å²) in [6, 6.07) is 13.7. The number of nitrogens with one attached hydrogen (secondary N) is 1. The molecule has 0 atom stereocenters. The number of carbonyl (C=O) groups is 1. The van der Waals surface area contributed by atoms with E-state index in [2.05, 4.69) is 10.3 Å². The summed E-state index contributed by atoms with van der Waals surface area (Å²) in [5.41, 5.74) is 0.840. The molecule has 28 heavy (non-hydrogen) atoms. The molecule has 0 aliphatic heterocycles. The zero-order chi connectivity index (χ0) is 19.8. The Morgan fingerprint density at radius 1 is 1.00 bits per heavy atom. The van der Waals surface area contributed by atoms with E-state index in [4.69, 9.17) is 11.6 Å². The first kappa shape index (κ1) is 18.5. The summed E-state index contributed by atoms with van der Waals surface area (Å²) in [5.74, 6) is -5.11. The third-order valence-electron chi connectivity index (χ3n) is 4.07. The van der Waals surface area contributed by atoms with Crippen molar-refractivity contribution in [2.24, 2.45) is 0 Å². The molecule has 0 fully saturated rings. The van der Waals surface area contributed by atoms with Crippen molar-refractivity contribution in [3.8, 4) is 10.6 Å². The minimum atomic E-state index is -1.65. The maximum absolute atomic E-state index is 13.9. The van der Waals surface area contributed by atoms with Crippen molar-refractivity contribution in [1.29, 1.82) is 0 Å². The van der Waals surface area contributed by atoms with Gasteiger partial charge >= 0.3 is 0 Å². The van der Waals surface area contributed by atoms with Gasteiger partial charge in [0.05, 0.1) is 31.7 Å². The van der Waals surface area contributed by atoms with Gasteiger partial charge in [-0.1, -0.05) is 29.8 Å². The Morgan fingerprint density at radius 3 is 2.54 bits per heavy atom. The lowest BCUT2D eigenvalue weighted by atomic mass is 10.1. The number of aromatic nitrogens is 1. The second kappa shape index (κ2) is 7.26. The van der Waals surface area contributed by atoms with Crippen LogP contribution in [-0.4, -0.2) is 10.9 Å². The highest BCUT2D eigenvalue weighted by Gasteiger charge is 2.19. The summed E-state index contributed by atoms with van der Waals surface area (Å²) < 4.78 is 41.1. The summed E-state index contributed by atoms with van der Waals surface area (Å²) in [4.78, 5) is 18.1. The van der Waals surface area contributed by atoms with Gasteiger partial charge in [-0.05, 0) is 36.4 Å². The number of amides is 1. The number of hydrogen-bond donors (Lipinski definition) is 1. The van der Waals surface area contributed by atoms with Gasteiger partial charge in [-0.2, -0.15) is 0 Å². The molecule has 0 unspecified atom stereocenters. The van der Waals surface area contributed by atoms with Gasteiger partial charge < -0.3 is 5.32 Å². The molecule has 2 aromatic carbocycles. The summed E-state index contributed by atoms with van der Waals surface area (Å²) in [7, 11) is 0. The highest BCUT2D eigenvalue weighted by molar-refractivity contribution is 7.19. The van der Waals surface area contributed by atoms with E-state index >= 15 is 0 Å². The van der Waals surface area contributed by atoms with Crippen LogP contribution in [0, 0.1) is 17.5 Å². The summed E-state index contributed by atoms with van der Waals surface area (Å²) >= 11 is 7.29. The Kier molecular flexibility index (Phi) is 4.78. The molecule has 0 spiro atoms. The fourth-order valence-corrected chi connectivity index (χ4v) is 3.76. The maximum Gasteiger partial charge on any atom is 0.256 e. The highest BCUT2D eigenvalue weighted by Crippen LogP contribution is 2.32. The van der Waals surface area contributed by atoms with Crippen LogP contribution in [0.5, 0.6) is 0 Å². The second-order valence-electron chi connectivity index (χ2n) is 5.85. The molecule has 0 saturated carbocycles. The molecule has 1 N–H and O–H groups in total. The summed E-state index contributed by atoms with van der Waals surface area (Å²) in [6.07, 6.45) is 0. The smallest absolute Gasteiger partial charge is 0.256 e. The van der Waals surface area contributed by atoms with Crippen molar-refractivity contribution in [2.45, 2.75) is 0 Å². The SMILES string of the molecule is O=C(Nc1ccc(F)c(F)c1F)c1cc(-c2ccc(Cl)s2)nc2ccccc12. The molecular weight excluding hydrogens is 409 g/mol. The molecule has 0 aliphatic carbocycles. The van der Waals surface area contributed by atoms with E-state index in [-0.39, 0.29) is 5.56 Å². The number of para-hydroxylation sites is 1. The molecular formula is C20H10ClF3N2OS. The van der Waals surface area contributed by atoms with Crippen LogP contribution in [0.25, 0.3) is 21.5 Å². The first-order chi connectivity index (χ1) is 13.4. The van der Waals surface area contributed by atoms with Crippen LogP contribution >= 0.6 is 22.9 Å². The van der Waals surface area contributed by atoms with E-state index in [1.165, 1.54) is 11.3 Å². The molecule has 4 rings (SSSR count). The third kappa shape index (κ3) is 3.34. The van der Waals surface area contributed by atoms with Crippen LogP contribution in [0.15, 0.2) is 54.6 Å². The van der Waals surface area contributed by atoms with Gasteiger partial charge in [-0.3, -0.25) is 4.79 Å². The van der Waals surface area contributed by atoms with Gasteiger partial charge in [0, 0.05) is 5.39 Å². The van der Waals surface area contributed by atoms with Crippen molar-refractivity contribution < 1.29 is 18.0 Å². The number of benzene rings is 2. The number of carbonyl (C=O) groups excluding carboxylic acids is 1. The average molecular weight is 419 g/mol. The Morgan fingerprint density at radius 2 is 1.79 bits per heavy atom. The lowest BCUT2D eigenvalue weighted by Crippen LogP contribution is -2.15. The zero-order valence-corrected chi connectivity index (χ0v) is 15.5. The van der Waals surface area contributed by atoms with Crippen molar-refractivity contribution in [1.82, 2.24) is 4.98 Å². The second-order valence-corrected chi connectivity index (χ2v) is 7.57. The topological polar surface area (TPSA) is 42.0 Å². The Hall–Kier alpha value is -2.90. The van der Waals surface area contributed by atoms with Gasteiger partial charge in [-0.25, -0.2) is 18.2 Å². The highest BCUT2D eigenvalue weighted by atomic mass is 35.5. The first-order valence-electron chi connectivity index (χ1n) is 8.04. The number of halogens is 4. The first-order valence-corrected chi connectivity index (χ1v) is 9.24. The molecule has 0 bridgehead atoms. The number of anilines is 1. The number of rotatable bonds is 3. The van der Waals surface area contributed by atoms with E-state index in [1.807, 2.05) is 0 Å². The fraction of sp³-hybridized carbons (Fsp3) is 0. The Labute approximate surface area is 166 Å². The van der Waals surface area contributed by atoms with Gasteiger partial charge in [-0.15, -0.1) is 11.3 Å². The summed E-state index contributed by atoms with van der Waals surface area (Å²) in [5, 5.41) is 2.84. The van der Waals surface area contributed by atoms with Gasteiger partial charge in [0.15, 0.2) is 17.5 Å². The van der Waals surface area contributed by atoms with Crippen molar-refractivity contribution >= 4 is 45.4 Å². The molecule has 3 nitrogen and oxygen atoms in total. The largest absolute Gasteiger partial charge is 0.319 e. The van der Waals surface area contributed by atoms with Crippen LogP contribution in [0.3, 0.4) is 0 Å². The number of thiophene rings is 1. The van der Waals surface area contributed by atoms with Crippen LogP contribution in [-0.2, 0) is 0 Å². The van der Waals surface area contributed by atoms with Gasteiger partial charge in [0.1, 0.15) is 0 Å². The number of hydrogen-bond acceptors (Lipinski definition) is 3. The normalized spacial score (nSPS) is 11.0. The fourth-order valence-electron chi connectivity index (χ4n) is 2.75. The molecule has 0 saturated heterocycles. The number of fused-ring (bicyclic) bond motifs is 1. The third-order valence-corrected chi connectivity index (χ3v) is 5.32. The minimum Gasteiger partial charge on any atom is -0.319 e. The van der Waals surface area contributed by atoms with Crippen LogP contribution in [0.1, 0.15) is 10.4 Å². The minimum absolute atomic E-state index is 0.217. The molecule has 140 valence electrons. The van der Waals surface area contributed by atoms with E-state index in [0.717, 1.165) is 17.0 Å². The molecule has 1 amide bonds. The Balaban J connectivity index is 1.81. The molecule has 4 aromatic rings. The van der Waals surface area contributed by atoms with E-state index in [0.29, 0.717) is 20.9 Å². The molecule has 2 aromatic heterocycles. The molecule has 0 radical (unpaired) electrons. The van der Waals surface area contributed by atoms with Crippen LogP contribution < -0.4 is 5.32 Å². The number of nitrogens with zero attached hydrogens (tertiary/aromatic N) is 1.